The van der Waals surface area contributed by atoms with Crippen molar-refractivity contribution in [1.29, 1.82) is 0 Å². The third-order valence-corrected chi connectivity index (χ3v) is 4.35. The number of aromatic nitrogens is 4. The lowest BCUT2D eigenvalue weighted by Crippen LogP contribution is -2.26. The summed E-state index contributed by atoms with van der Waals surface area (Å²) in [7, 11) is 3.37. The molecule has 0 aliphatic heterocycles. The van der Waals surface area contributed by atoms with Crippen LogP contribution in [0.2, 0.25) is 0 Å². The van der Waals surface area contributed by atoms with Gasteiger partial charge in [-0.25, -0.2) is 4.98 Å². The quantitative estimate of drug-likeness (QED) is 0.593. The summed E-state index contributed by atoms with van der Waals surface area (Å²) in [4.78, 5) is 18.9. The number of amides is 1. The summed E-state index contributed by atoms with van der Waals surface area (Å²) in [6.07, 6.45) is 3.86. The average Bonchev–Trinajstić information content (AvgIpc) is 3.34. The molecule has 3 aromatic heterocycles. The number of nitrogens with one attached hydrogen (secondary N) is 1. The van der Waals surface area contributed by atoms with E-state index in [-0.39, 0.29) is 5.91 Å². The maximum absolute atomic E-state index is 12.7. The third kappa shape index (κ3) is 3.39. The summed E-state index contributed by atoms with van der Waals surface area (Å²) in [5.41, 5.74) is 3.74. The minimum atomic E-state index is -0.140. The molecule has 0 spiro atoms. The number of pyridine rings is 1. The van der Waals surface area contributed by atoms with Crippen LogP contribution in [0.15, 0.2) is 60.9 Å². The van der Waals surface area contributed by atoms with Crippen molar-refractivity contribution < 1.29 is 9.53 Å². The fourth-order valence-electron chi connectivity index (χ4n) is 2.92. The molecule has 27 heavy (non-hydrogen) atoms. The second kappa shape index (κ2) is 6.95. The molecule has 1 aromatic carbocycles. The van der Waals surface area contributed by atoms with Crippen LogP contribution < -0.4 is 4.74 Å². The lowest BCUT2D eigenvalue weighted by molar-refractivity contribution is 0.0777. The number of ether oxygens (including phenoxy) is 1. The first-order chi connectivity index (χ1) is 13.1. The molecule has 1 amide bonds. The molecule has 0 saturated carbocycles. The van der Waals surface area contributed by atoms with E-state index in [4.69, 9.17) is 4.74 Å². The summed E-state index contributed by atoms with van der Waals surface area (Å²) in [6, 6.07) is 15.1. The van der Waals surface area contributed by atoms with Crippen LogP contribution in [0, 0.1) is 0 Å². The van der Waals surface area contributed by atoms with Crippen molar-refractivity contribution in [2.24, 2.45) is 0 Å². The number of hydrogen-bond donors (Lipinski definition) is 1. The van der Waals surface area contributed by atoms with E-state index in [2.05, 4.69) is 15.2 Å². The number of carbonyl (C=O) groups excluding carboxylic acids is 1. The van der Waals surface area contributed by atoms with Gasteiger partial charge in [0.25, 0.3) is 5.91 Å². The van der Waals surface area contributed by atoms with Crippen molar-refractivity contribution >= 4 is 11.6 Å². The molecule has 0 aliphatic carbocycles. The first kappa shape index (κ1) is 16.8. The van der Waals surface area contributed by atoms with E-state index in [0.29, 0.717) is 17.9 Å². The summed E-state index contributed by atoms with van der Waals surface area (Å²) in [5, 5.41) is 7.08. The van der Waals surface area contributed by atoms with Gasteiger partial charge in [0.1, 0.15) is 17.1 Å². The molecule has 136 valence electrons. The van der Waals surface area contributed by atoms with Crippen molar-refractivity contribution in [2.45, 2.75) is 6.54 Å². The SMILES string of the molecule is COc1ccc(-c2cc(C(=O)N(C)Cc3cn4ccccc4n3)[nH]n2)cc1. The van der Waals surface area contributed by atoms with Gasteiger partial charge >= 0.3 is 0 Å². The Morgan fingerprint density at radius 3 is 2.78 bits per heavy atom. The summed E-state index contributed by atoms with van der Waals surface area (Å²) >= 11 is 0. The number of hydrogen-bond acceptors (Lipinski definition) is 4. The molecule has 4 rings (SSSR count). The average molecular weight is 361 g/mol. The fourth-order valence-corrected chi connectivity index (χ4v) is 2.92. The summed E-state index contributed by atoms with van der Waals surface area (Å²) < 4.78 is 7.10. The standard InChI is InChI=1S/C20H19N5O2/c1-24(12-15-13-25-10-4-3-5-19(25)21-15)20(26)18-11-17(22-23-18)14-6-8-16(27-2)9-7-14/h3-11,13H,12H2,1-2H3,(H,22,23). The maximum Gasteiger partial charge on any atom is 0.271 e. The molecule has 0 radical (unpaired) electrons. The van der Waals surface area contributed by atoms with Gasteiger partial charge in [0, 0.05) is 25.0 Å². The lowest BCUT2D eigenvalue weighted by atomic mass is 10.1. The van der Waals surface area contributed by atoms with Gasteiger partial charge in [-0.05, 0) is 42.5 Å². The van der Waals surface area contributed by atoms with Crippen LogP contribution in [0.1, 0.15) is 16.2 Å². The van der Waals surface area contributed by atoms with Gasteiger partial charge in [-0.15, -0.1) is 0 Å². The van der Waals surface area contributed by atoms with Crippen LogP contribution in [0.3, 0.4) is 0 Å². The van der Waals surface area contributed by atoms with E-state index in [9.17, 15) is 4.79 Å². The lowest BCUT2D eigenvalue weighted by Gasteiger charge is -2.14. The maximum atomic E-state index is 12.7. The van der Waals surface area contributed by atoms with Gasteiger partial charge in [-0.1, -0.05) is 6.07 Å². The van der Waals surface area contributed by atoms with Crippen LogP contribution in [0.5, 0.6) is 5.75 Å². The molecule has 7 heteroatoms. The Morgan fingerprint density at radius 1 is 1.22 bits per heavy atom. The topological polar surface area (TPSA) is 75.5 Å². The normalized spacial score (nSPS) is 10.9. The largest absolute Gasteiger partial charge is 0.497 e. The predicted molar refractivity (Wildman–Crippen MR) is 102 cm³/mol. The Balaban J connectivity index is 1.49. The number of methoxy groups -OCH3 is 1. The van der Waals surface area contributed by atoms with Gasteiger partial charge in [0.15, 0.2) is 0 Å². The molecule has 7 nitrogen and oxygen atoms in total. The Kier molecular flexibility index (Phi) is 4.33. The minimum Gasteiger partial charge on any atom is -0.497 e. The smallest absolute Gasteiger partial charge is 0.271 e. The number of carbonyl (C=O) groups is 1. The molecule has 0 atom stereocenters. The Morgan fingerprint density at radius 2 is 2.04 bits per heavy atom. The molecule has 0 aliphatic rings. The van der Waals surface area contributed by atoms with Gasteiger partial charge < -0.3 is 14.0 Å². The fraction of sp³-hybridized carbons (Fsp3) is 0.150. The van der Waals surface area contributed by atoms with Gasteiger partial charge in [0.2, 0.25) is 0 Å². The van der Waals surface area contributed by atoms with E-state index in [1.165, 1.54) is 0 Å². The number of fused-ring (bicyclic) bond motifs is 1. The van der Waals surface area contributed by atoms with Gasteiger partial charge in [-0.3, -0.25) is 9.89 Å². The van der Waals surface area contributed by atoms with Crippen LogP contribution in [-0.4, -0.2) is 44.5 Å². The highest BCUT2D eigenvalue weighted by molar-refractivity contribution is 5.93. The Hall–Kier alpha value is -3.61. The first-order valence-corrected chi connectivity index (χ1v) is 8.52. The Labute approximate surface area is 156 Å². The zero-order chi connectivity index (χ0) is 18.8. The van der Waals surface area contributed by atoms with Crippen LogP contribution >= 0.6 is 0 Å². The first-order valence-electron chi connectivity index (χ1n) is 8.52. The van der Waals surface area contributed by atoms with Crippen molar-refractivity contribution in [1.82, 2.24) is 24.5 Å². The molecule has 4 aromatic rings. The van der Waals surface area contributed by atoms with Crippen molar-refractivity contribution in [2.75, 3.05) is 14.2 Å². The molecule has 0 saturated heterocycles. The van der Waals surface area contributed by atoms with E-state index in [0.717, 1.165) is 22.7 Å². The van der Waals surface area contributed by atoms with E-state index < -0.39 is 0 Å². The Bertz CT molecular complexity index is 1050. The highest BCUT2D eigenvalue weighted by Gasteiger charge is 2.17. The number of aromatic amines is 1. The second-order valence-electron chi connectivity index (χ2n) is 6.25. The highest BCUT2D eigenvalue weighted by atomic mass is 16.5. The van der Waals surface area contributed by atoms with Gasteiger partial charge in [-0.2, -0.15) is 5.10 Å². The van der Waals surface area contributed by atoms with Crippen molar-refractivity contribution in [3.8, 4) is 17.0 Å². The number of benzene rings is 1. The molecule has 0 unspecified atom stereocenters. The molecular formula is C20H19N5O2. The van der Waals surface area contributed by atoms with Crippen LogP contribution in [0.4, 0.5) is 0 Å². The summed E-state index contributed by atoms with van der Waals surface area (Å²) in [6.45, 7) is 0.414. The number of rotatable bonds is 5. The predicted octanol–water partition coefficient (Wildman–Crippen LogP) is 3.01. The monoisotopic (exact) mass is 361 g/mol. The van der Waals surface area contributed by atoms with E-state index in [1.807, 2.05) is 59.3 Å². The summed E-state index contributed by atoms with van der Waals surface area (Å²) in [5.74, 6) is 0.636. The van der Waals surface area contributed by atoms with Crippen LogP contribution in [0.25, 0.3) is 16.9 Å². The zero-order valence-electron chi connectivity index (χ0n) is 15.1. The molecular weight excluding hydrogens is 342 g/mol. The third-order valence-electron chi connectivity index (χ3n) is 4.35. The van der Waals surface area contributed by atoms with Crippen LogP contribution in [-0.2, 0) is 6.54 Å². The van der Waals surface area contributed by atoms with Gasteiger partial charge in [0.05, 0.1) is 25.0 Å². The molecule has 0 fully saturated rings. The molecule has 0 bridgehead atoms. The number of nitrogens with zero attached hydrogens (tertiary/aromatic N) is 4. The highest BCUT2D eigenvalue weighted by Crippen LogP contribution is 2.21. The zero-order valence-corrected chi connectivity index (χ0v) is 15.1. The van der Waals surface area contributed by atoms with E-state index in [1.54, 1.807) is 25.1 Å². The van der Waals surface area contributed by atoms with Crippen molar-refractivity contribution in [3.63, 3.8) is 0 Å². The number of H-pyrrole nitrogens is 1. The van der Waals surface area contributed by atoms with Crippen molar-refractivity contribution in [3.05, 3.63) is 72.3 Å². The molecule has 3 heterocycles. The second-order valence-corrected chi connectivity index (χ2v) is 6.25. The number of imidazole rings is 1. The van der Waals surface area contributed by atoms with E-state index >= 15 is 0 Å². The molecule has 1 N–H and O–H groups in total. The minimum absolute atomic E-state index is 0.140.